The summed E-state index contributed by atoms with van der Waals surface area (Å²) >= 11 is 7.61. The number of morpholine rings is 1. The fraction of sp³-hybridized carbons (Fsp3) is 0.611. The minimum absolute atomic E-state index is 0.0436. The zero-order valence-corrected chi connectivity index (χ0v) is 15.9. The van der Waals surface area contributed by atoms with Gasteiger partial charge in [-0.1, -0.05) is 23.7 Å². The van der Waals surface area contributed by atoms with Gasteiger partial charge in [0.15, 0.2) is 0 Å². The molecule has 7 heteroatoms. The van der Waals surface area contributed by atoms with Crippen molar-refractivity contribution in [3.05, 3.63) is 29.3 Å². The smallest absolute Gasteiger partial charge is 0.230 e. The van der Waals surface area contributed by atoms with E-state index < -0.39 is 0 Å². The Bertz CT molecular complexity index is 563. The Morgan fingerprint density at radius 1 is 1.28 bits per heavy atom. The fourth-order valence-electron chi connectivity index (χ4n) is 3.33. The van der Waals surface area contributed by atoms with Crippen molar-refractivity contribution in [2.45, 2.75) is 17.4 Å². The summed E-state index contributed by atoms with van der Waals surface area (Å²) < 4.78 is 11.0. The van der Waals surface area contributed by atoms with E-state index in [9.17, 15) is 4.79 Å². The summed E-state index contributed by atoms with van der Waals surface area (Å²) in [7, 11) is 0. The van der Waals surface area contributed by atoms with E-state index in [2.05, 4.69) is 10.2 Å². The first-order chi connectivity index (χ1) is 12.2. The van der Waals surface area contributed by atoms with Gasteiger partial charge in [-0.05, 0) is 18.6 Å². The maximum Gasteiger partial charge on any atom is 0.230 e. The predicted molar refractivity (Wildman–Crippen MR) is 100 cm³/mol. The molecule has 1 aromatic carbocycles. The molecule has 2 atom stereocenters. The van der Waals surface area contributed by atoms with Crippen molar-refractivity contribution in [3.63, 3.8) is 0 Å². The number of hydrogen-bond acceptors (Lipinski definition) is 5. The molecule has 2 unspecified atom stereocenters. The highest BCUT2D eigenvalue weighted by Crippen LogP contribution is 2.26. The van der Waals surface area contributed by atoms with E-state index in [-0.39, 0.29) is 5.91 Å². The average Bonchev–Trinajstić information content (AvgIpc) is 3.16. The molecule has 2 aliphatic heterocycles. The van der Waals surface area contributed by atoms with Crippen molar-refractivity contribution < 1.29 is 14.3 Å². The second-order valence-electron chi connectivity index (χ2n) is 6.36. The van der Waals surface area contributed by atoms with Crippen LogP contribution in [0.2, 0.25) is 5.02 Å². The largest absolute Gasteiger partial charge is 0.381 e. The molecule has 5 nitrogen and oxygen atoms in total. The fourth-order valence-corrected chi connectivity index (χ4v) is 4.40. The van der Waals surface area contributed by atoms with Gasteiger partial charge < -0.3 is 14.8 Å². The molecule has 3 rings (SSSR count). The van der Waals surface area contributed by atoms with Crippen LogP contribution in [-0.2, 0) is 14.3 Å². The third-order valence-electron chi connectivity index (χ3n) is 4.73. The van der Waals surface area contributed by atoms with Gasteiger partial charge in [0, 0.05) is 43.1 Å². The molecule has 0 saturated carbocycles. The van der Waals surface area contributed by atoms with E-state index in [4.69, 9.17) is 21.1 Å². The third-order valence-corrected chi connectivity index (χ3v) is 6.24. The van der Waals surface area contributed by atoms with Crippen LogP contribution in [0.15, 0.2) is 29.2 Å². The number of carbonyl (C=O) groups is 1. The molecule has 0 aromatic heterocycles. The van der Waals surface area contributed by atoms with Crippen molar-refractivity contribution in [1.29, 1.82) is 0 Å². The minimum Gasteiger partial charge on any atom is -0.381 e. The number of nitrogens with zero attached hydrogens (tertiary/aromatic N) is 1. The predicted octanol–water partition coefficient (Wildman–Crippen LogP) is 2.29. The molecule has 1 N–H and O–H groups in total. The lowest BCUT2D eigenvalue weighted by Gasteiger charge is -2.37. The Morgan fingerprint density at radius 2 is 2.08 bits per heavy atom. The summed E-state index contributed by atoms with van der Waals surface area (Å²) in [5.74, 6) is 0.900. The van der Waals surface area contributed by atoms with Crippen molar-refractivity contribution >= 4 is 29.3 Å². The van der Waals surface area contributed by atoms with Gasteiger partial charge in [-0.2, -0.15) is 0 Å². The molecule has 1 aromatic rings. The van der Waals surface area contributed by atoms with Crippen molar-refractivity contribution in [1.82, 2.24) is 10.2 Å². The number of halogens is 1. The van der Waals surface area contributed by atoms with E-state index in [0.717, 1.165) is 50.8 Å². The van der Waals surface area contributed by atoms with Gasteiger partial charge in [0.1, 0.15) is 0 Å². The maximum absolute atomic E-state index is 12.3. The van der Waals surface area contributed by atoms with Gasteiger partial charge >= 0.3 is 0 Å². The van der Waals surface area contributed by atoms with E-state index in [0.29, 0.717) is 29.3 Å². The lowest BCUT2D eigenvalue weighted by molar-refractivity contribution is -0.119. The quantitative estimate of drug-likeness (QED) is 0.731. The van der Waals surface area contributed by atoms with E-state index in [1.165, 1.54) is 11.8 Å². The summed E-state index contributed by atoms with van der Waals surface area (Å²) in [4.78, 5) is 15.7. The molecule has 0 aliphatic carbocycles. The number of thioether (sulfide) groups is 1. The van der Waals surface area contributed by atoms with Crippen LogP contribution in [0.1, 0.15) is 6.42 Å². The molecule has 1 amide bonds. The highest BCUT2D eigenvalue weighted by Gasteiger charge is 2.31. The molecule has 0 bridgehead atoms. The molecule has 0 radical (unpaired) electrons. The molecule has 2 aliphatic rings. The molecule has 0 spiro atoms. The van der Waals surface area contributed by atoms with Crippen LogP contribution in [0.4, 0.5) is 0 Å². The van der Waals surface area contributed by atoms with Gasteiger partial charge in [-0.15, -0.1) is 11.8 Å². The molecule has 2 fully saturated rings. The number of benzene rings is 1. The highest BCUT2D eigenvalue weighted by atomic mass is 35.5. The Labute approximate surface area is 158 Å². The third kappa shape index (κ3) is 5.59. The monoisotopic (exact) mass is 384 g/mol. The number of hydrogen-bond donors (Lipinski definition) is 1. The number of carbonyl (C=O) groups excluding carboxylic acids is 1. The van der Waals surface area contributed by atoms with Crippen LogP contribution < -0.4 is 5.32 Å². The standard InChI is InChI=1S/C18H25ClN2O3S/c19-15-3-1-2-4-17(15)25-13-18(22)20-11-16(14-5-8-24-12-14)21-6-9-23-10-7-21/h1-4,14,16H,5-13H2,(H,20,22). The Balaban J connectivity index is 1.49. The zero-order chi connectivity index (χ0) is 17.5. The van der Waals surface area contributed by atoms with Crippen LogP contribution in [0.25, 0.3) is 0 Å². The highest BCUT2D eigenvalue weighted by molar-refractivity contribution is 8.00. The van der Waals surface area contributed by atoms with Crippen LogP contribution in [-0.4, -0.2) is 68.7 Å². The summed E-state index contributed by atoms with van der Waals surface area (Å²) in [5, 5.41) is 3.80. The van der Waals surface area contributed by atoms with Gasteiger partial charge in [-0.25, -0.2) is 0 Å². The number of rotatable bonds is 7. The normalized spacial score (nSPS) is 22.7. The van der Waals surface area contributed by atoms with Crippen LogP contribution in [0.3, 0.4) is 0 Å². The van der Waals surface area contributed by atoms with Gasteiger partial charge in [-0.3, -0.25) is 9.69 Å². The molecule has 138 valence electrons. The Morgan fingerprint density at radius 3 is 2.80 bits per heavy atom. The number of ether oxygens (including phenoxy) is 2. The van der Waals surface area contributed by atoms with Crippen LogP contribution in [0, 0.1) is 5.92 Å². The van der Waals surface area contributed by atoms with Gasteiger partial charge in [0.25, 0.3) is 0 Å². The zero-order valence-electron chi connectivity index (χ0n) is 14.3. The van der Waals surface area contributed by atoms with Gasteiger partial charge in [0.05, 0.1) is 30.6 Å². The minimum atomic E-state index is 0.0436. The molecular formula is C18H25ClN2O3S. The number of nitrogens with one attached hydrogen (secondary N) is 1. The average molecular weight is 385 g/mol. The second kappa shape index (κ2) is 9.78. The number of amides is 1. The van der Waals surface area contributed by atoms with Crippen molar-refractivity contribution in [3.8, 4) is 0 Å². The van der Waals surface area contributed by atoms with Crippen molar-refractivity contribution in [2.24, 2.45) is 5.92 Å². The molecular weight excluding hydrogens is 360 g/mol. The maximum atomic E-state index is 12.3. The summed E-state index contributed by atoms with van der Waals surface area (Å²) in [5.41, 5.74) is 0. The summed E-state index contributed by atoms with van der Waals surface area (Å²) in [6.07, 6.45) is 1.06. The summed E-state index contributed by atoms with van der Waals surface area (Å²) in [6.45, 7) is 5.64. The topological polar surface area (TPSA) is 50.8 Å². The van der Waals surface area contributed by atoms with E-state index in [1.54, 1.807) is 0 Å². The second-order valence-corrected chi connectivity index (χ2v) is 7.79. The first-order valence-corrected chi connectivity index (χ1v) is 10.1. The summed E-state index contributed by atoms with van der Waals surface area (Å²) in [6, 6.07) is 7.92. The molecule has 25 heavy (non-hydrogen) atoms. The van der Waals surface area contributed by atoms with E-state index >= 15 is 0 Å². The van der Waals surface area contributed by atoms with Crippen molar-refractivity contribution in [2.75, 3.05) is 51.8 Å². The Hall–Kier alpha value is -0.790. The molecule has 2 heterocycles. The first-order valence-electron chi connectivity index (χ1n) is 8.77. The lowest BCUT2D eigenvalue weighted by Crippen LogP contribution is -2.52. The SMILES string of the molecule is O=C(CSc1ccccc1Cl)NCC(C1CCOC1)N1CCOCC1. The lowest BCUT2D eigenvalue weighted by atomic mass is 9.97. The van der Waals surface area contributed by atoms with E-state index in [1.807, 2.05) is 24.3 Å². The molecule has 2 saturated heterocycles. The van der Waals surface area contributed by atoms with Gasteiger partial charge in [0.2, 0.25) is 5.91 Å². The Kier molecular flexibility index (Phi) is 7.43. The van der Waals surface area contributed by atoms with Crippen LogP contribution in [0.5, 0.6) is 0 Å². The van der Waals surface area contributed by atoms with Crippen LogP contribution >= 0.6 is 23.4 Å². The first kappa shape index (κ1) is 19.0.